The summed E-state index contributed by atoms with van der Waals surface area (Å²) in [5.41, 5.74) is 0.286. The molecule has 0 N–H and O–H groups in total. The van der Waals surface area contributed by atoms with Crippen molar-refractivity contribution in [1.29, 1.82) is 0 Å². The largest absolute Gasteiger partial charge is 0.442 e. The van der Waals surface area contributed by atoms with Crippen molar-refractivity contribution in [1.82, 2.24) is 0 Å². The Hall–Kier alpha value is -1.23. The number of hydrogen-bond donors (Lipinski definition) is 0. The molecule has 1 heterocycles. The van der Waals surface area contributed by atoms with Gasteiger partial charge >= 0.3 is 6.09 Å². The molecule has 1 unspecified atom stereocenters. The highest BCUT2D eigenvalue weighted by Crippen LogP contribution is 2.11. The normalized spacial score (nSPS) is 20.6. The zero-order chi connectivity index (χ0) is 13.7. The maximum absolute atomic E-state index is 11.9. The Morgan fingerprint density at radius 3 is 2.33 bits per heavy atom. The van der Waals surface area contributed by atoms with Crippen LogP contribution in [0.4, 0.5) is 4.79 Å². The first-order chi connectivity index (χ1) is 8.41. The van der Waals surface area contributed by atoms with Crippen molar-refractivity contribution in [2.75, 3.05) is 13.2 Å². The molecular formula is C13H21NO4. The lowest BCUT2D eigenvalue weighted by Gasteiger charge is -2.12. The molecule has 1 atom stereocenters. The minimum Gasteiger partial charge on any atom is -0.442 e. The topological polar surface area (TPSA) is 65.0 Å². The van der Waals surface area contributed by atoms with Gasteiger partial charge in [0.25, 0.3) is 0 Å². The zero-order valence-corrected chi connectivity index (χ0v) is 11.4. The molecule has 1 aliphatic heterocycles. The van der Waals surface area contributed by atoms with E-state index in [9.17, 15) is 9.59 Å². The Bertz CT molecular complexity index is 341. The molecule has 1 aliphatic rings. The quantitative estimate of drug-likeness (QED) is 0.722. The number of nitrogens with zero attached hydrogens (tertiary/aromatic N) is 1. The van der Waals surface area contributed by atoms with Crippen molar-refractivity contribution < 1.29 is 19.1 Å². The van der Waals surface area contributed by atoms with E-state index >= 15 is 0 Å². The Labute approximate surface area is 108 Å². The van der Waals surface area contributed by atoms with Gasteiger partial charge in [-0.05, 0) is 5.92 Å². The molecule has 0 bridgehead atoms. The van der Waals surface area contributed by atoms with Crippen molar-refractivity contribution in [3.63, 3.8) is 0 Å². The first-order valence-corrected chi connectivity index (χ1v) is 6.33. The number of aliphatic imine (C=N–C) groups is 1. The van der Waals surface area contributed by atoms with Crippen molar-refractivity contribution in [2.45, 2.75) is 40.2 Å². The number of amides is 1. The first-order valence-electron chi connectivity index (χ1n) is 6.33. The van der Waals surface area contributed by atoms with E-state index in [1.165, 1.54) is 0 Å². The highest BCUT2D eigenvalue weighted by Gasteiger charge is 2.23. The molecule has 102 valence electrons. The van der Waals surface area contributed by atoms with Crippen molar-refractivity contribution in [3.8, 4) is 0 Å². The van der Waals surface area contributed by atoms with E-state index in [2.05, 4.69) is 4.99 Å². The highest BCUT2D eigenvalue weighted by atomic mass is 16.6. The third-order valence-electron chi connectivity index (χ3n) is 2.69. The molecule has 0 aromatic heterocycles. The van der Waals surface area contributed by atoms with Gasteiger partial charge in [0.1, 0.15) is 6.10 Å². The van der Waals surface area contributed by atoms with E-state index in [1.54, 1.807) is 13.8 Å². The maximum atomic E-state index is 11.9. The van der Waals surface area contributed by atoms with Gasteiger partial charge in [0.15, 0.2) is 5.78 Å². The fourth-order valence-electron chi connectivity index (χ4n) is 1.64. The molecule has 5 nitrogen and oxygen atoms in total. The summed E-state index contributed by atoms with van der Waals surface area (Å²) in [6.07, 6.45) is -0.233. The average Bonchev–Trinajstić information content (AvgIpc) is 2.77. The third kappa shape index (κ3) is 4.22. The predicted molar refractivity (Wildman–Crippen MR) is 67.8 cm³/mol. The fourth-order valence-corrected chi connectivity index (χ4v) is 1.64. The van der Waals surface area contributed by atoms with Crippen LogP contribution in [0.25, 0.3) is 0 Å². The third-order valence-corrected chi connectivity index (χ3v) is 2.69. The molecule has 1 rings (SSSR count). The number of carbonyl (C=O) groups excluding carboxylic acids is 2. The van der Waals surface area contributed by atoms with Gasteiger partial charge in [-0.3, -0.25) is 4.79 Å². The van der Waals surface area contributed by atoms with E-state index in [-0.39, 0.29) is 29.4 Å². The van der Waals surface area contributed by atoms with E-state index in [0.29, 0.717) is 19.6 Å². The maximum Gasteiger partial charge on any atom is 0.434 e. The fraction of sp³-hybridized carbons (Fsp3) is 0.769. The van der Waals surface area contributed by atoms with Gasteiger partial charge in [-0.25, -0.2) is 4.79 Å². The Morgan fingerprint density at radius 1 is 1.22 bits per heavy atom. The summed E-state index contributed by atoms with van der Waals surface area (Å²) in [5.74, 6) is -0.370. The lowest BCUT2D eigenvalue weighted by atomic mass is 9.96. The van der Waals surface area contributed by atoms with E-state index in [0.717, 1.165) is 0 Å². The number of hydrogen-bond acceptors (Lipinski definition) is 4. The van der Waals surface area contributed by atoms with Crippen LogP contribution in [0, 0.1) is 11.8 Å². The number of Topliss-reactive ketones (excluding diaryl/α,β-unsaturated/α-hetero) is 1. The van der Waals surface area contributed by atoms with Crippen LogP contribution in [0.2, 0.25) is 0 Å². The molecule has 5 heteroatoms. The van der Waals surface area contributed by atoms with Gasteiger partial charge < -0.3 is 9.47 Å². The standard InChI is InChI=1S/C13H21NO4/c1-8(2)11(12(15)9(3)4)14-13(16)18-10-5-6-17-7-10/h8-10H,5-7H2,1-4H3. The minimum atomic E-state index is -0.691. The summed E-state index contributed by atoms with van der Waals surface area (Å²) in [4.78, 5) is 27.3. The number of ether oxygens (including phenoxy) is 2. The molecule has 0 aliphatic carbocycles. The van der Waals surface area contributed by atoms with Gasteiger partial charge in [0.2, 0.25) is 0 Å². The summed E-state index contributed by atoms with van der Waals surface area (Å²) < 4.78 is 10.2. The molecule has 0 spiro atoms. The van der Waals surface area contributed by atoms with Gasteiger partial charge in [-0.1, -0.05) is 27.7 Å². The van der Waals surface area contributed by atoms with E-state index < -0.39 is 6.09 Å². The monoisotopic (exact) mass is 255 g/mol. The molecule has 0 saturated carbocycles. The highest BCUT2D eigenvalue weighted by molar-refractivity contribution is 6.42. The molecule has 18 heavy (non-hydrogen) atoms. The second-order valence-corrected chi connectivity index (χ2v) is 5.04. The van der Waals surface area contributed by atoms with Crippen molar-refractivity contribution in [2.24, 2.45) is 16.8 Å². The lowest BCUT2D eigenvalue weighted by Crippen LogP contribution is -2.27. The first kappa shape index (κ1) is 14.8. The van der Waals surface area contributed by atoms with Crippen molar-refractivity contribution >= 4 is 17.6 Å². The van der Waals surface area contributed by atoms with Gasteiger partial charge in [-0.15, -0.1) is 0 Å². The molecule has 0 aromatic rings. The average molecular weight is 255 g/mol. The summed E-state index contributed by atoms with van der Waals surface area (Å²) in [6.45, 7) is 8.27. The Balaban J connectivity index is 2.68. The van der Waals surface area contributed by atoms with Crippen LogP contribution >= 0.6 is 0 Å². The smallest absolute Gasteiger partial charge is 0.434 e. The van der Waals surface area contributed by atoms with Crippen LogP contribution in [0.15, 0.2) is 4.99 Å². The van der Waals surface area contributed by atoms with Crippen molar-refractivity contribution in [3.05, 3.63) is 0 Å². The molecule has 1 fully saturated rings. The number of carbonyl (C=O) groups is 2. The minimum absolute atomic E-state index is 0.0905. The summed E-state index contributed by atoms with van der Waals surface area (Å²) >= 11 is 0. The molecule has 0 aromatic carbocycles. The van der Waals surface area contributed by atoms with Gasteiger partial charge in [0, 0.05) is 12.3 Å². The molecule has 0 radical (unpaired) electrons. The van der Waals surface area contributed by atoms with Crippen LogP contribution in [-0.4, -0.2) is 36.9 Å². The second kappa shape index (κ2) is 6.64. The SMILES string of the molecule is CC(C)C(=O)C(=NC(=O)OC1CCOC1)C(C)C. The van der Waals surface area contributed by atoms with Crippen LogP contribution in [0.1, 0.15) is 34.1 Å². The lowest BCUT2D eigenvalue weighted by molar-refractivity contribution is -0.115. The number of rotatable bonds is 4. The van der Waals surface area contributed by atoms with E-state index in [4.69, 9.17) is 9.47 Å². The Morgan fingerprint density at radius 2 is 1.89 bits per heavy atom. The molecular weight excluding hydrogens is 234 g/mol. The van der Waals surface area contributed by atoms with Crippen LogP contribution in [0.5, 0.6) is 0 Å². The van der Waals surface area contributed by atoms with Gasteiger partial charge in [0.05, 0.1) is 18.9 Å². The Kier molecular flexibility index (Phi) is 5.47. The summed E-state index contributed by atoms with van der Waals surface area (Å²) in [6, 6.07) is 0. The van der Waals surface area contributed by atoms with Crippen LogP contribution in [-0.2, 0) is 14.3 Å². The molecule has 1 saturated heterocycles. The summed E-state index contributed by atoms with van der Waals surface area (Å²) in [7, 11) is 0. The van der Waals surface area contributed by atoms with E-state index in [1.807, 2.05) is 13.8 Å². The summed E-state index contributed by atoms with van der Waals surface area (Å²) in [5, 5.41) is 0. The van der Waals surface area contributed by atoms with Gasteiger partial charge in [-0.2, -0.15) is 4.99 Å². The van der Waals surface area contributed by atoms with Crippen LogP contribution < -0.4 is 0 Å². The molecule has 1 amide bonds. The number of ketones is 1. The predicted octanol–water partition coefficient (Wildman–Crippen LogP) is 2.23. The van der Waals surface area contributed by atoms with Crippen LogP contribution in [0.3, 0.4) is 0 Å². The zero-order valence-electron chi connectivity index (χ0n) is 11.4. The second-order valence-electron chi connectivity index (χ2n) is 5.04.